The van der Waals surface area contributed by atoms with Gasteiger partial charge in [-0.05, 0) is 37.0 Å². The Morgan fingerprint density at radius 3 is 2.52 bits per heavy atom. The van der Waals surface area contributed by atoms with Gasteiger partial charge in [-0.1, -0.05) is 54.6 Å². The summed E-state index contributed by atoms with van der Waals surface area (Å²) in [6, 6.07) is 16.7. The highest BCUT2D eigenvalue weighted by Crippen LogP contribution is 2.21. The SMILES string of the molecule is CC(C)O[C@@H](Cc1cccc(CO)c1)C(=O)N1C(=O)OC[C@@H]1Cc1ccccc1. The van der Waals surface area contributed by atoms with Crippen molar-refractivity contribution in [3.05, 3.63) is 71.3 Å². The predicted molar refractivity (Wildman–Crippen MR) is 108 cm³/mol. The van der Waals surface area contributed by atoms with E-state index < -0.39 is 18.1 Å². The van der Waals surface area contributed by atoms with Gasteiger partial charge in [0, 0.05) is 6.42 Å². The maximum Gasteiger partial charge on any atom is 0.417 e. The van der Waals surface area contributed by atoms with Crippen molar-refractivity contribution in [2.45, 2.75) is 51.5 Å². The van der Waals surface area contributed by atoms with Crippen molar-refractivity contribution < 1.29 is 24.2 Å². The van der Waals surface area contributed by atoms with Gasteiger partial charge in [0.2, 0.25) is 0 Å². The summed E-state index contributed by atoms with van der Waals surface area (Å²) in [4.78, 5) is 26.9. The number of imide groups is 1. The van der Waals surface area contributed by atoms with Gasteiger partial charge < -0.3 is 14.6 Å². The van der Waals surface area contributed by atoms with E-state index >= 15 is 0 Å². The van der Waals surface area contributed by atoms with Crippen molar-refractivity contribution in [1.29, 1.82) is 0 Å². The van der Waals surface area contributed by atoms with Gasteiger partial charge in [-0.25, -0.2) is 9.69 Å². The van der Waals surface area contributed by atoms with Gasteiger partial charge in [0.25, 0.3) is 5.91 Å². The molecule has 0 bridgehead atoms. The molecule has 0 aliphatic carbocycles. The fraction of sp³-hybridized carbons (Fsp3) is 0.391. The number of benzene rings is 2. The standard InChI is InChI=1S/C23H27NO5/c1-16(2)29-21(13-18-9-6-10-19(11-18)14-25)22(26)24-20(15-28-23(24)27)12-17-7-4-3-5-8-17/h3-11,16,20-21,25H,12-15H2,1-2H3/t20-,21-/m0/s1. The third kappa shape index (κ3) is 5.43. The number of carbonyl (C=O) groups excluding carboxylic acids is 2. The molecule has 0 spiro atoms. The van der Waals surface area contributed by atoms with Crippen LogP contribution in [0.15, 0.2) is 54.6 Å². The van der Waals surface area contributed by atoms with E-state index in [1.165, 1.54) is 4.90 Å². The Morgan fingerprint density at radius 2 is 1.83 bits per heavy atom. The molecule has 2 atom stereocenters. The van der Waals surface area contributed by atoms with Crippen LogP contribution < -0.4 is 0 Å². The van der Waals surface area contributed by atoms with Gasteiger partial charge in [0.1, 0.15) is 12.7 Å². The zero-order chi connectivity index (χ0) is 20.8. The van der Waals surface area contributed by atoms with Crippen LogP contribution >= 0.6 is 0 Å². The monoisotopic (exact) mass is 397 g/mol. The number of hydrogen-bond donors (Lipinski definition) is 1. The van der Waals surface area contributed by atoms with E-state index in [1.807, 2.05) is 68.4 Å². The molecule has 0 saturated carbocycles. The normalized spacial score (nSPS) is 17.4. The minimum atomic E-state index is -0.812. The van der Waals surface area contributed by atoms with Crippen LogP contribution in [0.2, 0.25) is 0 Å². The van der Waals surface area contributed by atoms with Gasteiger partial charge >= 0.3 is 6.09 Å². The number of ether oxygens (including phenoxy) is 2. The molecule has 1 fully saturated rings. The molecule has 6 nitrogen and oxygen atoms in total. The topological polar surface area (TPSA) is 76.1 Å². The van der Waals surface area contributed by atoms with Gasteiger partial charge in [0.05, 0.1) is 18.8 Å². The highest BCUT2D eigenvalue weighted by atomic mass is 16.6. The summed E-state index contributed by atoms with van der Waals surface area (Å²) >= 11 is 0. The van der Waals surface area contributed by atoms with Crippen molar-refractivity contribution >= 4 is 12.0 Å². The number of amides is 2. The zero-order valence-electron chi connectivity index (χ0n) is 16.8. The molecule has 1 heterocycles. The molecule has 2 amide bonds. The summed E-state index contributed by atoms with van der Waals surface area (Å²) in [6.45, 7) is 3.81. The predicted octanol–water partition coefficient (Wildman–Crippen LogP) is 3.11. The third-order valence-electron chi connectivity index (χ3n) is 4.82. The van der Waals surface area contributed by atoms with Gasteiger partial charge in [-0.3, -0.25) is 4.79 Å². The van der Waals surface area contributed by atoms with Crippen LogP contribution in [0.25, 0.3) is 0 Å². The number of cyclic esters (lactones) is 1. The Bertz CT molecular complexity index is 836. The lowest BCUT2D eigenvalue weighted by Crippen LogP contribution is -2.47. The van der Waals surface area contributed by atoms with Crippen molar-refractivity contribution in [2.24, 2.45) is 0 Å². The summed E-state index contributed by atoms with van der Waals surface area (Å²) in [7, 11) is 0. The Morgan fingerprint density at radius 1 is 1.14 bits per heavy atom. The molecule has 154 valence electrons. The lowest BCUT2D eigenvalue weighted by Gasteiger charge is -2.26. The minimum absolute atomic E-state index is 0.0743. The first-order valence-corrected chi connectivity index (χ1v) is 9.85. The highest BCUT2D eigenvalue weighted by Gasteiger charge is 2.41. The Kier molecular flexibility index (Phi) is 7.01. The van der Waals surface area contributed by atoms with E-state index in [2.05, 4.69) is 0 Å². The molecule has 0 unspecified atom stereocenters. The summed E-state index contributed by atoms with van der Waals surface area (Å²) in [5.41, 5.74) is 2.66. The highest BCUT2D eigenvalue weighted by molar-refractivity contribution is 5.96. The van der Waals surface area contributed by atoms with Crippen molar-refractivity contribution in [1.82, 2.24) is 4.90 Å². The van der Waals surface area contributed by atoms with Crippen LogP contribution in [0.5, 0.6) is 0 Å². The molecule has 2 aromatic carbocycles. The molecule has 6 heteroatoms. The quantitative estimate of drug-likeness (QED) is 0.741. The summed E-state index contributed by atoms with van der Waals surface area (Å²) < 4.78 is 11.1. The first-order valence-electron chi connectivity index (χ1n) is 9.85. The molecule has 1 saturated heterocycles. The molecule has 1 N–H and O–H groups in total. The lowest BCUT2D eigenvalue weighted by molar-refractivity contribution is -0.144. The second-order valence-corrected chi connectivity index (χ2v) is 7.48. The Hall–Kier alpha value is -2.70. The molecule has 3 rings (SSSR count). The van der Waals surface area contributed by atoms with E-state index in [0.717, 1.165) is 16.7 Å². The zero-order valence-corrected chi connectivity index (χ0v) is 16.8. The average molecular weight is 397 g/mol. The van der Waals surface area contributed by atoms with Crippen LogP contribution in [0.1, 0.15) is 30.5 Å². The molecular weight excluding hydrogens is 370 g/mol. The fourth-order valence-corrected chi connectivity index (χ4v) is 3.51. The molecular formula is C23H27NO5. The van der Waals surface area contributed by atoms with Crippen molar-refractivity contribution in [3.8, 4) is 0 Å². The number of aliphatic hydroxyl groups is 1. The van der Waals surface area contributed by atoms with Crippen LogP contribution in [-0.2, 0) is 33.7 Å². The molecule has 1 aliphatic rings. The summed E-state index contributed by atoms with van der Waals surface area (Å²) in [5.74, 6) is -0.392. The van der Waals surface area contributed by atoms with Gasteiger partial charge in [0.15, 0.2) is 0 Å². The molecule has 0 radical (unpaired) electrons. The molecule has 2 aromatic rings. The van der Waals surface area contributed by atoms with Crippen LogP contribution in [0.3, 0.4) is 0 Å². The second-order valence-electron chi connectivity index (χ2n) is 7.48. The minimum Gasteiger partial charge on any atom is -0.447 e. The molecule has 29 heavy (non-hydrogen) atoms. The van der Waals surface area contributed by atoms with Gasteiger partial charge in [-0.2, -0.15) is 0 Å². The number of carbonyl (C=O) groups is 2. The fourth-order valence-electron chi connectivity index (χ4n) is 3.51. The van der Waals surface area contributed by atoms with E-state index in [4.69, 9.17) is 9.47 Å². The average Bonchev–Trinajstić information content (AvgIpc) is 3.07. The third-order valence-corrected chi connectivity index (χ3v) is 4.82. The van der Waals surface area contributed by atoms with Crippen molar-refractivity contribution in [3.63, 3.8) is 0 Å². The maximum absolute atomic E-state index is 13.3. The van der Waals surface area contributed by atoms with E-state index in [-0.39, 0.29) is 25.4 Å². The second kappa shape index (κ2) is 9.67. The summed E-state index contributed by atoms with van der Waals surface area (Å²) in [6.07, 6.45) is -0.777. The van der Waals surface area contributed by atoms with E-state index in [0.29, 0.717) is 12.8 Å². The first-order chi connectivity index (χ1) is 14.0. The van der Waals surface area contributed by atoms with Crippen LogP contribution in [-0.4, -0.2) is 46.9 Å². The summed E-state index contributed by atoms with van der Waals surface area (Å²) in [5, 5.41) is 9.37. The van der Waals surface area contributed by atoms with E-state index in [9.17, 15) is 14.7 Å². The first kappa shape index (κ1) is 21.0. The van der Waals surface area contributed by atoms with Crippen LogP contribution in [0.4, 0.5) is 4.79 Å². The number of aliphatic hydroxyl groups excluding tert-OH is 1. The Labute approximate surface area is 171 Å². The molecule has 1 aliphatic heterocycles. The molecule has 0 aromatic heterocycles. The van der Waals surface area contributed by atoms with E-state index in [1.54, 1.807) is 0 Å². The van der Waals surface area contributed by atoms with Gasteiger partial charge in [-0.15, -0.1) is 0 Å². The number of hydrogen-bond acceptors (Lipinski definition) is 5. The Balaban J connectivity index is 1.80. The number of rotatable bonds is 8. The maximum atomic E-state index is 13.3. The number of nitrogens with zero attached hydrogens (tertiary/aromatic N) is 1. The largest absolute Gasteiger partial charge is 0.447 e. The van der Waals surface area contributed by atoms with Crippen LogP contribution in [0, 0.1) is 0 Å². The lowest BCUT2D eigenvalue weighted by atomic mass is 10.0. The van der Waals surface area contributed by atoms with Crippen molar-refractivity contribution in [2.75, 3.05) is 6.61 Å². The smallest absolute Gasteiger partial charge is 0.417 e.